The van der Waals surface area contributed by atoms with Gasteiger partial charge in [-0.25, -0.2) is 0 Å². The molecule has 338 valence electrons. The highest BCUT2D eigenvalue weighted by Gasteiger charge is 2.29. The van der Waals surface area contributed by atoms with Crippen molar-refractivity contribution < 1.29 is 19.7 Å². The van der Waals surface area contributed by atoms with E-state index in [9.17, 15) is 10.2 Å². The van der Waals surface area contributed by atoms with Gasteiger partial charge in [-0.3, -0.25) is 0 Å². The van der Waals surface area contributed by atoms with Crippen LogP contribution in [0, 0.1) is 19.8 Å². The first kappa shape index (κ1) is 44.7. The molecule has 0 bridgehead atoms. The van der Waals surface area contributed by atoms with Crippen molar-refractivity contribution in [3.05, 3.63) is 147 Å². The lowest BCUT2D eigenvalue weighted by molar-refractivity contribution is 0.0706. The van der Waals surface area contributed by atoms with Crippen molar-refractivity contribution in [2.24, 2.45) is 5.92 Å². The number of ether oxygens (including phenoxy) is 2. The summed E-state index contributed by atoms with van der Waals surface area (Å²) in [5.41, 5.74) is 19.7. The molecular formula is C61H70O4. The molecule has 0 aromatic heterocycles. The minimum Gasteiger partial charge on any atom is -0.507 e. The third-order valence-corrected chi connectivity index (χ3v) is 15.2. The monoisotopic (exact) mass is 867 g/mol. The topological polar surface area (TPSA) is 58.9 Å². The van der Waals surface area contributed by atoms with E-state index in [0.29, 0.717) is 11.5 Å². The van der Waals surface area contributed by atoms with Crippen LogP contribution in [0.15, 0.2) is 108 Å². The summed E-state index contributed by atoms with van der Waals surface area (Å²) in [6.07, 6.45) is 21.4. The zero-order valence-electron chi connectivity index (χ0n) is 39.8. The number of phenolic OH excluding ortho intramolecular Hbond substituents is 2. The van der Waals surface area contributed by atoms with Gasteiger partial charge in [-0.15, -0.1) is 0 Å². The molecule has 4 heteroatoms. The Balaban J connectivity index is 1.000. The Morgan fingerprint density at radius 3 is 1.62 bits per heavy atom. The molecule has 1 fully saturated rings. The van der Waals surface area contributed by atoms with Crippen LogP contribution in [-0.4, -0.2) is 22.4 Å². The second kappa shape index (κ2) is 19.5. The molecular weight excluding hydrogens is 797 g/mol. The van der Waals surface area contributed by atoms with Gasteiger partial charge in [0, 0.05) is 39.3 Å². The van der Waals surface area contributed by atoms with Crippen molar-refractivity contribution in [1.29, 1.82) is 0 Å². The lowest BCUT2D eigenvalue weighted by Crippen LogP contribution is -2.33. The minimum atomic E-state index is -0.225. The van der Waals surface area contributed by atoms with E-state index in [1.54, 1.807) is 0 Å². The molecule has 0 amide bonds. The number of para-hydroxylation sites is 2. The molecule has 4 aliphatic carbocycles. The Hall–Kier alpha value is -5.48. The molecule has 2 N–H and O–H groups in total. The van der Waals surface area contributed by atoms with Crippen LogP contribution in [0.25, 0.3) is 39.0 Å². The normalized spacial score (nSPS) is 20.0. The molecule has 0 saturated heterocycles. The maximum Gasteiger partial charge on any atom is 0.131 e. The Kier molecular flexibility index (Phi) is 13.4. The molecule has 0 radical (unpaired) electrons. The summed E-state index contributed by atoms with van der Waals surface area (Å²) in [5, 5.41) is 24.8. The highest BCUT2D eigenvalue weighted by Crippen LogP contribution is 2.50. The van der Waals surface area contributed by atoms with Crippen molar-refractivity contribution in [2.75, 3.05) is 0 Å². The fourth-order valence-corrected chi connectivity index (χ4v) is 11.5. The second-order valence-electron chi connectivity index (χ2n) is 19.8. The van der Waals surface area contributed by atoms with Gasteiger partial charge >= 0.3 is 0 Å². The number of fused-ring (bicyclic) bond motifs is 3. The van der Waals surface area contributed by atoms with Crippen LogP contribution in [0.5, 0.6) is 23.0 Å². The van der Waals surface area contributed by atoms with E-state index < -0.39 is 0 Å². The Labute approximate surface area is 389 Å². The summed E-state index contributed by atoms with van der Waals surface area (Å²) in [5.74, 6) is 2.09. The number of allylic oxidation sites excluding steroid dienone is 5. The van der Waals surface area contributed by atoms with Crippen LogP contribution in [0.3, 0.4) is 0 Å². The molecule has 2 unspecified atom stereocenters. The predicted octanol–water partition coefficient (Wildman–Crippen LogP) is 16.1. The maximum atomic E-state index is 12.4. The minimum absolute atomic E-state index is 0.0171. The van der Waals surface area contributed by atoms with Gasteiger partial charge < -0.3 is 19.7 Å². The number of aromatic hydroxyl groups is 2. The number of phenols is 2. The van der Waals surface area contributed by atoms with E-state index in [1.165, 1.54) is 83.9 Å². The molecule has 0 aliphatic heterocycles. The van der Waals surface area contributed by atoms with Crippen LogP contribution in [0.4, 0.5) is 0 Å². The number of hydrogen-bond acceptors (Lipinski definition) is 4. The highest BCUT2D eigenvalue weighted by molar-refractivity contribution is 5.91. The van der Waals surface area contributed by atoms with E-state index in [2.05, 4.69) is 89.7 Å². The fourth-order valence-electron chi connectivity index (χ4n) is 11.5. The zero-order valence-corrected chi connectivity index (χ0v) is 39.8. The molecule has 5 aromatic rings. The van der Waals surface area contributed by atoms with Crippen molar-refractivity contribution in [2.45, 2.75) is 156 Å². The third kappa shape index (κ3) is 9.20. The van der Waals surface area contributed by atoms with Crippen LogP contribution in [0.1, 0.15) is 143 Å². The molecule has 9 rings (SSSR count). The van der Waals surface area contributed by atoms with Crippen molar-refractivity contribution in [1.82, 2.24) is 0 Å². The lowest BCUT2D eigenvalue weighted by atomic mass is 9.76. The first-order valence-electron chi connectivity index (χ1n) is 25.0. The molecule has 5 aromatic carbocycles. The largest absolute Gasteiger partial charge is 0.507 e. The Morgan fingerprint density at radius 1 is 0.508 bits per heavy atom. The second-order valence-corrected chi connectivity index (χ2v) is 19.8. The summed E-state index contributed by atoms with van der Waals surface area (Å²) in [4.78, 5) is 0. The van der Waals surface area contributed by atoms with E-state index in [1.807, 2.05) is 36.4 Å². The number of rotatable bonds is 10. The molecule has 1 saturated carbocycles. The average Bonchev–Trinajstić information content (AvgIpc) is 3.31. The predicted molar refractivity (Wildman–Crippen MR) is 270 cm³/mol. The van der Waals surface area contributed by atoms with Crippen molar-refractivity contribution in [3.8, 4) is 56.4 Å². The first-order valence-corrected chi connectivity index (χ1v) is 25.0. The third-order valence-electron chi connectivity index (χ3n) is 15.2. The standard InChI is InChI=1S/C61H70O4/c1-38-33-52(60(62)54(35-38)58-40(3)21-9-7-8-10-22-44-23-11-14-26-47(44)58)50-29-17-19-31-56(50)64-42(5)41(4)43(6)65-57-32-20-18-30-51(57)53-34-39(2)36-55(61(53)63)59-48-27-15-12-24-45(48)37-46-25-13-16-28-49(46)59/h17-20,22,29-37,41-43,62-63H,3,7-16,21,23-28H2,1-2,4-6H3/b44-22-,58-47+/t41?,42-,43?/m1/s1. The zero-order chi connectivity index (χ0) is 45.2. The lowest BCUT2D eigenvalue weighted by Gasteiger charge is -2.30. The number of benzene rings is 5. The van der Waals surface area contributed by atoms with E-state index in [4.69, 9.17) is 9.47 Å². The first-order chi connectivity index (χ1) is 31.6. The maximum absolute atomic E-state index is 12.4. The summed E-state index contributed by atoms with van der Waals surface area (Å²) in [6, 6.07) is 27.4. The summed E-state index contributed by atoms with van der Waals surface area (Å²) in [6.45, 7) is 15.3. The van der Waals surface area contributed by atoms with Gasteiger partial charge in [0.25, 0.3) is 0 Å². The van der Waals surface area contributed by atoms with E-state index in [-0.39, 0.29) is 18.1 Å². The van der Waals surface area contributed by atoms with Crippen LogP contribution in [0.2, 0.25) is 0 Å². The molecule has 3 atom stereocenters. The highest BCUT2D eigenvalue weighted by atomic mass is 16.5. The summed E-state index contributed by atoms with van der Waals surface area (Å²) in [7, 11) is 0. The Morgan fingerprint density at radius 2 is 1.00 bits per heavy atom. The van der Waals surface area contributed by atoms with Crippen molar-refractivity contribution in [3.63, 3.8) is 0 Å². The number of hydrogen-bond donors (Lipinski definition) is 2. The van der Waals surface area contributed by atoms with Crippen LogP contribution in [-0.2, 0) is 25.7 Å². The van der Waals surface area contributed by atoms with E-state index >= 15 is 0 Å². The summed E-state index contributed by atoms with van der Waals surface area (Å²) < 4.78 is 13.8. The van der Waals surface area contributed by atoms with Gasteiger partial charge in [-0.1, -0.05) is 68.5 Å². The SMILES string of the molecule is C=C1CCCCC/C=C2/CCCC/C2=C/1c1cc(C)cc(-c2ccccc2O[C@H](C)C(C)C(C)Oc2ccccc2-c2cc(C)cc(-c3c4c(cc5c3CCCC5)CCCC4)c2O)c1O. The van der Waals surface area contributed by atoms with Crippen LogP contribution >= 0.6 is 0 Å². The van der Waals surface area contributed by atoms with Gasteiger partial charge in [0.05, 0.1) is 0 Å². The van der Waals surface area contributed by atoms with Crippen molar-refractivity contribution >= 4 is 5.57 Å². The quantitative estimate of drug-likeness (QED) is 0.147. The molecule has 0 heterocycles. The van der Waals surface area contributed by atoms with E-state index in [0.717, 1.165) is 131 Å². The van der Waals surface area contributed by atoms with Crippen LogP contribution < -0.4 is 9.47 Å². The number of aryl methyl sites for hydroxylation is 4. The van der Waals surface area contributed by atoms with Gasteiger partial charge in [-0.2, -0.15) is 0 Å². The van der Waals surface area contributed by atoms with Gasteiger partial charge in [0.15, 0.2) is 0 Å². The van der Waals surface area contributed by atoms with Gasteiger partial charge in [0.2, 0.25) is 0 Å². The van der Waals surface area contributed by atoms with Gasteiger partial charge in [-0.05, 0) is 228 Å². The fraction of sp³-hybridized carbons (Fsp3) is 0.410. The average molecular weight is 867 g/mol. The molecule has 65 heavy (non-hydrogen) atoms. The Bertz CT molecular complexity index is 2620. The summed E-state index contributed by atoms with van der Waals surface area (Å²) >= 11 is 0. The smallest absolute Gasteiger partial charge is 0.131 e. The molecule has 4 aliphatic rings. The van der Waals surface area contributed by atoms with Gasteiger partial charge in [0.1, 0.15) is 35.2 Å². The molecule has 0 spiro atoms. The molecule has 4 nitrogen and oxygen atoms in total.